The van der Waals surface area contributed by atoms with Crippen LogP contribution in [-0.2, 0) is 4.74 Å². The van der Waals surface area contributed by atoms with Gasteiger partial charge in [-0.05, 0) is 12.0 Å². The number of hydrogen-bond acceptors (Lipinski definition) is 3. The summed E-state index contributed by atoms with van der Waals surface area (Å²) in [6.45, 7) is 2.66. The minimum absolute atomic E-state index is 0.766. The fourth-order valence-electron chi connectivity index (χ4n) is 1.20. The highest BCUT2D eigenvalue weighted by Crippen LogP contribution is 2.14. The van der Waals surface area contributed by atoms with Crippen LogP contribution < -0.4 is 10.9 Å². The molecule has 0 fully saturated rings. The molecule has 2 N–H and O–H groups in total. The predicted molar refractivity (Wildman–Crippen MR) is 33.6 cm³/mol. The molecule has 3 nitrogen and oxygen atoms in total. The van der Waals surface area contributed by atoms with Gasteiger partial charge in [-0.15, -0.1) is 0 Å². The molecule has 2 aliphatic heterocycles. The van der Waals surface area contributed by atoms with Crippen LogP contribution in [-0.4, -0.2) is 19.8 Å². The lowest BCUT2D eigenvalue weighted by molar-refractivity contribution is 0.144. The van der Waals surface area contributed by atoms with Gasteiger partial charge in [0.2, 0.25) is 0 Å². The Kier molecular flexibility index (Phi) is 1.17. The highest BCUT2D eigenvalue weighted by Gasteiger charge is 2.16. The first-order chi connectivity index (χ1) is 4.47. The Balaban J connectivity index is 2.17. The molecule has 2 aliphatic rings. The SMILES string of the molecule is C1CC2=C(CO1)NNC2. The molecule has 0 unspecified atom stereocenters. The first-order valence-corrected chi connectivity index (χ1v) is 3.24. The fourth-order valence-corrected chi connectivity index (χ4v) is 1.20. The molecule has 0 saturated heterocycles. The second-order valence-electron chi connectivity index (χ2n) is 2.36. The van der Waals surface area contributed by atoms with Crippen LogP contribution in [0.2, 0.25) is 0 Å². The van der Waals surface area contributed by atoms with Crippen LogP contribution in [0, 0.1) is 0 Å². The Morgan fingerprint density at radius 3 is 3.33 bits per heavy atom. The van der Waals surface area contributed by atoms with Crippen molar-refractivity contribution < 1.29 is 4.74 Å². The molecule has 2 rings (SSSR count). The van der Waals surface area contributed by atoms with Crippen molar-refractivity contribution in [3.8, 4) is 0 Å². The summed E-state index contributed by atoms with van der Waals surface area (Å²) in [5, 5.41) is 0. The summed E-state index contributed by atoms with van der Waals surface area (Å²) in [6.07, 6.45) is 1.09. The molecule has 0 aromatic heterocycles. The Morgan fingerprint density at radius 2 is 2.44 bits per heavy atom. The van der Waals surface area contributed by atoms with E-state index in [0.29, 0.717) is 0 Å². The van der Waals surface area contributed by atoms with Gasteiger partial charge in [-0.2, -0.15) is 0 Å². The van der Waals surface area contributed by atoms with Crippen molar-refractivity contribution in [2.75, 3.05) is 19.8 Å². The highest BCUT2D eigenvalue weighted by atomic mass is 16.5. The minimum atomic E-state index is 0.766. The summed E-state index contributed by atoms with van der Waals surface area (Å²) in [6, 6.07) is 0. The van der Waals surface area contributed by atoms with Gasteiger partial charge >= 0.3 is 0 Å². The van der Waals surface area contributed by atoms with E-state index < -0.39 is 0 Å². The summed E-state index contributed by atoms with van der Waals surface area (Å²) in [4.78, 5) is 0. The molecular formula is C6H10N2O. The van der Waals surface area contributed by atoms with Crippen LogP contribution in [0.1, 0.15) is 6.42 Å². The molecule has 0 spiro atoms. The number of hydrazine groups is 1. The molecule has 9 heavy (non-hydrogen) atoms. The van der Waals surface area contributed by atoms with Crippen molar-refractivity contribution in [2.24, 2.45) is 0 Å². The maximum Gasteiger partial charge on any atom is 0.0876 e. The standard InChI is InChI=1S/C6H10N2O/c1-2-9-4-6-5(1)3-7-8-6/h7-8H,1-4H2. The van der Waals surface area contributed by atoms with Gasteiger partial charge in [0.25, 0.3) is 0 Å². The van der Waals surface area contributed by atoms with Crippen LogP contribution in [0.15, 0.2) is 11.3 Å². The fraction of sp³-hybridized carbons (Fsp3) is 0.667. The van der Waals surface area contributed by atoms with Gasteiger partial charge in [0.15, 0.2) is 0 Å². The van der Waals surface area contributed by atoms with Crippen molar-refractivity contribution in [2.45, 2.75) is 6.42 Å². The van der Waals surface area contributed by atoms with E-state index >= 15 is 0 Å². The number of ether oxygens (including phenoxy) is 1. The van der Waals surface area contributed by atoms with E-state index in [1.54, 1.807) is 0 Å². The molecule has 0 amide bonds. The summed E-state index contributed by atoms with van der Waals surface area (Å²) < 4.78 is 5.22. The third-order valence-corrected chi connectivity index (χ3v) is 1.76. The summed E-state index contributed by atoms with van der Waals surface area (Å²) in [7, 11) is 0. The third kappa shape index (κ3) is 0.821. The van der Waals surface area contributed by atoms with E-state index in [-0.39, 0.29) is 0 Å². The van der Waals surface area contributed by atoms with Gasteiger partial charge < -0.3 is 10.2 Å². The summed E-state index contributed by atoms with van der Waals surface area (Å²) >= 11 is 0. The zero-order valence-electron chi connectivity index (χ0n) is 5.24. The van der Waals surface area contributed by atoms with E-state index in [4.69, 9.17) is 4.74 Å². The topological polar surface area (TPSA) is 33.3 Å². The molecule has 0 bridgehead atoms. The summed E-state index contributed by atoms with van der Waals surface area (Å²) in [5.41, 5.74) is 8.86. The maximum atomic E-state index is 5.22. The van der Waals surface area contributed by atoms with E-state index in [1.165, 1.54) is 11.3 Å². The van der Waals surface area contributed by atoms with Gasteiger partial charge in [0.1, 0.15) is 0 Å². The van der Waals surface area contributed by atoms with Gasteiger partial charge in [-0.1, -0.05) is 0 Å². The lowest BCUT2D eigenvalue weighted by atomic mass is 10.1. The molecule has 3 heteroatoms. The van der Waals surface area contributed by atoms with Crippen molar-refractivity contribution in [1.82, 2.24) is 10.9 Å². The average Bonchev–Trinajstić information content (AvgIpc) is 2.33. The van der Waals surface area contributed by atoms with Crippen LogP contribution in [0.5, 0.6) is 0 Å². The molecule has 0 aliphatic carbocycles. The smallest absolute Gasteiger partial charge is 0.0876 e. The van der Waals surface area contributed by atoms with Crippen molar-refractivity contribution >= 4 is 0 Å². The van der Waals surface area contributed by atoms with Crippen LogP contribution in [0.25, 0.3) is 0 Å². The van der Waals surface area contributed by atoms with Gasteiger partial charge in [-0.3, -0.25) is 0 Å². The van der Waals surface area contributed by atoms with Crippen molar-refractivity contribution in [3.63, 3.8) is 0 Å². The van der Waals surface area contributed by atoms with Crippen LogP contribution >= 0.6 is 0 Å². The minimum Gasteiger partial charge on any atom is -0.375 e. The normalized spacial score (nSPS) is 25.8. The predicted octanol–water partition coefficient (Wildman–Crippen LogP) is -0.231. The quantitative estimate of drug-likeness (QED) is 0.470. The molecule has 0 aromatic rings. The maximum absolute atomic E-state index is 5.22. The number of nitrogens with one attached hydrogen (secondary N) is 2. The number of hydrogen-bond donors (Lipinski definition) is 2. The molecule has 0 saturated carbocycles. The molecule has 50 valence electrons. The Hall–Kier alpha value is -0.540. The molecule has 0 radical (unpaired) electrons. The van der Waals surface area contributed by atoms with E-state index in [2.05, 4.69) is 10.9 Å². The number of rotatable bonds is 0. The molecular weight excluding hydrogens is 116 g/mol. The lowest BCUT2D eigenvalue weighted by Gasteiger charge is -2.12. The highest BCUT2D eigenvalue weighted by molar-refractivity contribution is 5.20. The lowest BCUT2D eigenvalue weighted by Crippen LogP contribution is -2.25. The zero-order valence-corrected chi connectivity index (χ0v) is 5.24. The average molecular weight is 126 g/mol. The second-order valence-corrected chi connectivity index (χ2v) is 2.36. The van der Waals surface area contributed by atoms with Gasteiger partial charge in [-0.25, -0.2) is 5.43 Å². The first-order valence-electron chi connectivity index (χ1n) is 3.24. The first kappa shape index (κ1) is 5.26. The third-order valence-electron chi connectivity index (χ3n) is 1.76. The van der Waals surface area contributed by atoms with Crippen molar-refractivity contribution in [3.05, 3.63) is 11.3 Å². The second kappa shape index (κ2) is 2.01. The summed E-state index contributed by atoms with van der Waals surface area (Å²) in [5.74, 6) is 0. The van der Waals surface area contributed by atoms with Crippen LogP contribution in [0.4, 0.5) is 0 Å². The Bertz CT molecular complexity index is 137. The Morgan fingerprint density at radius 1 is 1.44 bits per heavy atom. The van der Waals surface area contributed by atoms with Gasteiger partial charge in [0, 0.05) is 6.54 Å². The monoisotopic (exact) mass is 126 g/mol. The van der Waals surface area contributed by atoms with E-state index in [1.807, 2.05) is 0 Å². The molecule has 0 aromatic carbocycles. The van der Waals surface area contributed by atoms with Gasteiger partial charge in [0.05, 0.1) is 18.9 Å². The molecule has 2 heterocycles. The van der Waals surface area contributed by atoms with Crippen LogP contribution in [0.3, 0.4) is 0 Å². The Labute approximate surface area is 54.0 Å². The molecule has 0 atom stereocenters. The van der Waals surface area contributed by atoms with E-state index in [9.17, 15) is 0 Å². The zero-order chi connectivity index (χ0) is 6.10. The largest absolute Gasteiger partial charge is 0.375 e. The van der Waals surface area contributed by atoms with E-state index in [0.717, 1.165) is 26.2 Å². The van der Waals surface area contributed by atoms with Crippen molar-refractivity contribution in [1.29, 1.82) is 0 Å².